The molecule has 0 fully saturated rings. The van der Waals surface area contributed by atoms with Crippen LogP contribution in [0.5, 0.6) is 0 Å². The maximum absolute atomic E-state index is 5.70. The minimum atomic E-state index is 0.204. The first kappa shape index (κ1) is 14.2. The van der Waals surface area contributed by atoms with Crippen molar-refractivity contribution < 1.29 is 4.42 Å². The number of rotatable bonds is 8. The first-order chi connectivity index (χ1) is 8.17. The molecule has 0 saturated carbocycles. The molecule has 1 aromatic heterocycles. The van der Waals surface area contributed by atoms with Gasteiger partial charge < -0.3 is 9.73 Å². The van der Waals surface area contributed by atoms with Gasteiger partial charge in [0.25, 0.3) is 0 Å². The summed E-state index contributed by atoms with van der Waals surface area (Å²) in [6.45, 7) is 9.68. The average Bonchev–Trinajstić information content (AvgIpc) is 2.76. The Morgan fingerprint density at radius 3 is 2.59 bits per heavy atom. The van der Waals surface area contributed by atoms with Gasteiger partial charge in [0.15, 0.2) is 0 Å². The molecule has 1 unspecified atom stereocenters. The molecule has 1 heterocycles. The molecule has 98 valence electrons. The summed E-state index contributed by atoms with van der Waals surface area (Å²) < 4.78 is 5.70. The Balaban J connectivity index is 2.52. The topological polar surface area (TPSA) is 51.0 Å². The zero-order chi connectivity index (χ0) is 12.7. The Kier molecular flexibility index (Phi) is 6.19. The number of nitrogens with one attached hydrogen (secondary N) is 1. The Hall–Kier alpha value is -0.900. The van der Waals surface area contributed by atoms with Crippen LogP contribution in [0.25, 0.3) is 0 Å². The Bertz CT molecular complexity index is 309. The Labute approximate surface area is 104 Å². The van der Waals surface area contributed by atoms with Crippen LogP contribution in [-0.4, -0.2) is 16.7 Å². The van der Waals surface area contributed by atoms with Gasteiger partial charge in [-0.2, -0.15) is 0 Å². The van der Waals surface area contributed by atoms with Crippen molar-refractivity contribution in [2.24, 2.45) is 5.92 Å². The van der Waals surface area contributed by atoms with Crippen LogP contribution in [0.2, 0.25) is 0 Å². The van der Waals surface area contributed by atoms with E-state index in [9.17, 15) is 0 Å². The van der Waals surface area contributed by atoms with E-state index in [4.69, 9.17) is 4.42 Å². The van der Waals surface area contributed by atoms with E-state index in [1.54, 1.807) is 0 Å². The third kappa shape index (κ3) is 4.86. The first-order valence-electron chi connectivity index (χ1n) is 6.73. The monoisotopic (exact) mass is 239 g/mol. The molecule has 1 N–H and O–H groups in total. The van der Waals surface area contributed by atoms with Crippen LogP contribution >= 0.6 is 0 Å². The fraction of sp³-hybridized carbons (Fsp3) is 0.846. The number of aryl methyl sites for hydroxylation is 1. The van der Waals surface area contributed by atoms with E-state index in [0.717, 1.165) is 44.0 Å². The van der Waals surface area contributed by atoms with E-state index in [1.165, 1.54) is 0 Å². The minimum Gasteiger partial charge on any atom is -0.424 e. The van der Waals surface area contributed by atoms with Crippen molar-refractivity contribution in [2.75, 3.05) is 6.54 Å². The highest BCUT2D eigenvalue weighted by molar-refractivity contribution is 4.90. The lowest BCUT2D eigenvalue weighted by Gasteiger charge is -2.11. The molecule has 4 nitrogen and oxygen atoms in total. The second-order valence-corrected chi connectivity index (χ2v) is 4.88. The van der Waals surface area contributed by atoms with E-state index in [-0.39, 0.29) is 6.04 Å². The molecule has 0 aliphatic rings. The molecule has 0 aliphatic carbocycles. The third-order valence-corrected chi connectivity index (χ3v) is 2.77. The Morgan fingerprint density at radius 2 is 2.00 bits per heavy atom. The van der Waals surface area contributed by atoms with Crippen LogP contribution in [-0.2, 0) is 6.42 Å². The fourth-order valence-corrected chi connectivity index (χ4v) is 1.65. The van der Waals surface area contributed by atoms with E-state index >= 15 is 0 Å². The van der Waals surface area contributed by atoms with Crippen molar-refractivity contribution in [1.29, 1.82) is 0 Å². The van der Waals surface area contributed by atoms with E-state index in [2.05, 4.69) is 43.2 Å². The largest absolute Gasteiger partial charge is 0.424 e. The lowest BCUT2D eigenvalue weighted by Crippen LogP contribution is -2.21. The number of hydrogen-bond acceptors (Lipinski definition) is 4. The SMILES string of the molecule is CCCNC(CC)c1nnc(CCC(C)C)o1. The summed E-state index contributed by atoms with van der Waals surface area (Å²) in [5, 5.41) is 11.7. The molecule has 17 heavy (non-hydrogen) atoms. The van der Waals surface area contributed by atoms with Gasteiger partial charge in [0.1, 0.15) is 0 Å². The van der Waals surface area contributed by atoms with Gasteiger partial charge in [0.2, 0.25) is 11.8 Å². The zero-order valence-electron chi connectivity index (χ0n) is 11.5. The normalized spacial score (nSPS) is 13.2. The molecule has 0 radical (unpaired) electrons. The molecular weight excluding hydrogens is 214 g/mol. The molecule has 0 bridgehead atoms. The standard InChI is InChI=1S/C13H25N3O/c1-5-9-14-11(6-2)13-16-15-12(17-13)8-7-10(3)4/h10-11,14H,5-9H2,1-4H3. The van der Waals surface area contributed by atoms with Crippen molar-refractivity contribution in [2.45, 2.75) is 59.4 Å². The number of aromatic nitrogens is 2. The van der Waals surface area contributed by atoms with Crippen LogP contribution in [0.1, 0.15) is 64.8 Å². The van der Waals surface area contributed by atoms with Gasteiger partial charge in [-0.15, -0.1) is 10.2 Å². The van der Waals surface area contributed by atoms with E-state index < -0.39 is 0 Å². The molecule has 1 atom stereocenters. The van der Waals surface area contributed by atoms with Crippen LogP contribution in [0.3, 0.4) is 0 Å². The summed E-state index contributed by atoms with van der Waals surface area (Å²) in [6.07, 6.45) is 4.08. The molecule has 1 rings (SSSR count). The predicted molar refractivity (Wildman–Crippen MR) is 68.8 cm³/mol. The lowest BCUT2D eigenvalue weighted by atomic mass is 10.1. The highest BCUT2D eigenvalue weighted by Gasteiger charge is 2.15. The maximum atomic E-state index is 5.70. The van der Waals surface area contributed by atoms with E-state index in [0.29, 0.717) is 5.92 Å². The van der Waals surface area contributed by atoms with Gasteiger partial charge in [-0.3, -0.25) is 0 Å². The molecule has 1 aromatic rings. The van der Waals surface area contributed by atoms with Crippen LogP contribution in [0.4, 0.5) is 0 Å². The maximum Gasteiger partial charge on any atom is 0.233 e. The summed E-state index contributed by atoms with van der Waals surface area (Å²) in [7, 11) is 0. The molecule has 4 heteroatoms. The molecule has 0 amide bonds. The van der Waals surface area contributed by atoms with Gasteiger partial charge in [-0.05, 0) is 31.7 Å². The van der Waals surface area contributed by atoms with Gasteiger partial charge in [-0.1, -0.05) is 27.7 Å². The highest BCUT2D eigenvalue weighted by atomic mass is 16.4. The van der Waals surface area contributed by atoms with E-state index in [1.807, 2.05) is 0 Å². The third-order valence-electron chi connectivity index (χ3n) is 2.77. The minimum absolute atomic E-state index is 0.204. The van der Waals surface area contributed by atoms with Crippen molar-refractivity contribution in [3.63, 3.8) is 0 Å². The molecule has 0 saturated heterocycles. The van der Waals surface area contributed by atoms with Gasteiger partial charge >= 0.3 is 0 Å². The average molecular weight is 239 g/mol. The summed E-state index contributed by atoms with van der Waals surface area (Å²) >= 11 is 0. The van der Waals surface area contributed by atoms with Crippen LogP contribution < -0.4 is 5.32 Å². The fourth-order valence-electron chi connectivity index (χ4n) is 1.65. The lowest BCUT2D eigenvalue weighted by molar-refractivity contribution is 0.366. The zero-order valence-corrected chi connectivity index (χ0v) is 11.5. The second kappa shape index (κ2) is 7.43. The molecular formula is C13H25N3O. The quantitative estimate of drug-likeness (QED) is 0.757. The number of hydrogen-bond donors (Lipinski definition) is 1. The van der Waals surface area contributed by atoms with Crippen molar-refractivity contribution in [3.05, 3.63) is 11.8 Å². The molecule has 0 aromatic carbocycles. The van der Waals surface area contributed by atoms with Crippen LogP contribution in [0.15, 0.2) is 4.42 Å². The van der Waals surface area contributed by atoms with Crippen molar-refractivity contribution >= 4 is 0 Å². The Morgan fingerprint density at radius 1 is 1.24 bits per heavy atom. The van der Waals surface area contributed by atoms with Gasteiger partial charge in [0.05, 0.1) is 6.04 Å². The smallest absolute Gasteiger partial charge is 0.233 e. The number of nitrogens with zero attached hydrogens (tertiary/aromatic N) is 2. The van der Waals surface area contributed by atoms with Crippen molar-refractivity contribution in [3.8, 4) is 0 Å². The first-order valence-corrected chi connectivity index (χ1v) is 6.73. The predicted octanol–water partition coefficient (Wildman–Crippen LogP) is 3.11. The van der Waals surface area contributed by atoms with Crippen LogP contribution in [0, 0.1) is 5.92 Å². The summed E-state index contributed by atoms with van der Waals surface area (Å²) in [5.74, 6) is 2.18. The van der Waals surface area contributed by atoms with Gasteiger partial charge in [0, 0.05) is 6.42 Å². The van der Waals surface area contributed by atoms with Crippen molar-refractivity contribution in [1.82, 2.24) is 15.5 Å². The second-order valence-electron chi connectivity index (χ2n) is 4.88. The molecule has 0 aliphatic heterocycles. The summed E-state index contributed by atoms with van der Waals surface area (Å²) in [4.78, 5) is 0. The highest BCUT2D eigenvalue weighted by Crippen LogP contribution is 2.16. The summed E-state index contributed by atoms with van der Waals surface area (Å²) in [5.41, 5.74) is 0. The summed E-state index contributed by atoms with van der Waals surface area (Å²) in [6, 6.07) is 0.204. The molecule has 0 spiro atoms. The van der Waals surface area contributed by atoms with Gasteiger partial charge in [-0.25, -0.2) is 0 Å².